The molecular formula is C10H13Cl2NO4S. The first-order valence-electron chi connectivity index (χ1n) is 4.90. The Kier molecular flexibility index (Phi) is 5.84. The van der Waals surface area contributed by atoms with Crippen molar-refractivity contribution in [3.8, 4) is 0 Å². The van der Waals surface area contributed by atoms with Gasteiger partial charge in [-0.1, -0.05) is 23.2 Å². The van der Waals surface area contributed by atoms with Gasteiger partial charge < -0.3 is 9.47 Å². The van der Waals surface area contributed by atoms with Crippen LogP contribution in [0.2, 0.25) is 10.0 Å². The third kappa shape index (κ3) is 4.38. The molecule has 0 aliphatic carbocycles. The Bertz CT molecular complexity index is 482. The highest BCUT2D eigenvalue weighted by Gasteiger charge is 2.17. The van der Waals surface area contributed by atoms with Gasteiger partial charge in [0.25, 0.3) is 0 Å². The molecule has 0 radical (unpaired) electrons. The predicted octanol–water partition coefficient (Wildman–Crippen LogP) is 1.89. The minimum atomic E-state index is -3.70. The van der Waals surface area contributed by atoms with Gasteiger partial charge in [0, 0.05) is 24.3 Å². The molecule has 8 heteroatoms. The fourth-order valence-electron chi connectivity index (χ4n) is 1.21. The van der Waals surface area contributed by atoms with Gasteiger partial charge in [-0.2, -0.15) is 0 Å². The fraction of sp³-hybridized carbons (Fsp3) is 0.400. The Hall–Kier alpha value is -0.370. The highest BCUT2D eigenvalue weighted by Crippen LogP contribution is 2.22. The number of hydrogen-bond acceptors (Lipinski definition) is 4. The molecule has 1 aromatic rings. The summed E-state index contributed by atoms with van der Waals surface area (Å²) in [5, 5.41) is 0.496. The maximum Gasteiger partial charge on any atom is 0.240 e. The lowest BCUT2D eigenvalue weighted by atomic mass is 10.4. The molecule has 0 saturated carbocycles. The van der Waals surface area contributed by atoms with E-state index in [1.807, 2.05) is 0 Å². The van der Waals surface area contributed by atoms with Crippen LogP contribution in [-0.4, -0.2) is 35.5 Å². The standard InChI is InChI=1S/C10H13Cl2NO4S/c1-16-10(17-2)6-13-18(14,15)9-4-7(11)3-8(12)5-9/h3-5,10,13H,6H2,1-2H3. The van der Waals surface area contributed by atoms with Crippen molar-refractivity contribution in [1.82, 2.24) is 4.72 Å². The van der Waals surface area contributed by atoms with Crippen LogP contribution in [0.1, 0.15) is 0 Å². The van der Waals surface area contributed by atoms with Crippen molar-refractivity contribution in [2.24, 2.45) is 0 Å². The van der Waals surface area contributed by atoms with Crippen LogP contribution < -0.4 is 4.72 Å². The van der Waals surface area contributed by atoms with Gasteiger partial charge in [-0.25, -0.2) is 13.1 Å². The van der Waals surface area contributed by atoms with E-state index in [-0.39, 0.29) is 21.5 Å². The molecule has 102 valence electrons. The van der Waals surface area contributed by atoms with E-state index in [1.165, 1.54) is 32.4 Å². The van der Waals surface area contributed by atoms with Gasteiger partial charge in [0.1, 0.15) is 0 Å². The Morgan fingerprint density at radius 3 is 2.11 bits per heavy atom. The van der Waals surface area contributed by atoms with E-state index in [0.717, 1.165) is 0 Å². The van der Waals surface area contributed by atoms with Gasteiger partial charge in [-0.15, -0.1) is 0 Å². The van der Waals surface area contributed by atoms with Gasteiger partial charge in [0.15, 0.2) is 6.29 Å². The van der Waals surface area contributed by atoms with Crippen molar-refractivity contribution in [3.63, 3.8) is 0 Å². The summed E-state index contributed by atoms with van der Waals surface area (Å²) in [4.78, 5) is -0.00837. The molecule has 0 saturated heterocycles. The normalized spacial score (nSPS) is 12.1. The molecule has 5 nitrogen and oxygen atoms in total. The second kappa shape index (κ2) is 6.70. The Labute approximate surface area is 116 Å². The summed E-state index contributed by atoms with van der Waals surface area (Å²) in [6.45, 7) is -0.0144. The number of hydrogen-bond donors (Lipinski definition) is 1. The zero-order valence-electron chi connectivity index (χ0n) is 9.81. The second-order valence-electron chi connectivity index (χ2n) is 3.36. The monoisotopic (exact) mass is 313 g/mol. The summed E-state index contributed by atoms with van der Waals surface area (Å²) in [5.41, 5.74) is 0. The third-order valence-corrected chi connectivity index (χ3v) is 3.95. The largest absolute Gasteiger partial charge is 0.355 e. The number of nitrogens with one attached hydrogen (secondary N) is 1. The molecule has 0 fully saturated rings. The minimum absolute atomic E-state index is 0.00837. The Morgan fingerprint density at radius 1 is 1.17 bits per heavy atom. The lowest BCUT2D eigenvalue weighted by molar-refractivity contribution is -0.0960. The van der Waals surface area contributed by atoms with Crippen LogP contribution >= 0.6 is 23.2 Å². The Morgan fingerprint density at radius 2 is 1.67 bits per heavy atom. The van der Waals surface area contributed by atoms with Crippen LogP contribution in [-0.2, 0) is 19.5 Å². The topological polar surface area (TPSA) is 64.6 Å². The molecule has 0 amide bonds. The van der Waals surface area contributed by atoms with Gasteiger partial charge >= 0.3 is 0 Å². The molecule has 0 aliphatic heterocycles. The first-order valence-corrected chi connectivity index (χ1v) is 7.14. The first kappa shape index (κ1) is 15.7. The number of halogens is 2. The summed E-state index contributed by atoms with van der Waals surface area (Å²) in [7, 11) is -0.869. The molecule has 1 rings (SSSR count). The molecule has 0 atom stereocenters. The van der Waals surface area contributed by atoms with Gasteiger partial charge in [-0.05, 0) is 18.2 Å². The highest BCUT2D eigenvalue weighted by atomic mass is 35.5. The van der Waals surface area contributed by atoms with E-state index < -0.39 is 16.3 Å². The summed E-state index contributed by atoms with van der Waals surface area (Å²) in [6, 6.07) is 4.07. The van der Waals surface area contributed by atoms with Gasteiger partial charge in [-0.3, -0.25) is 0 Å². The lowest BCUT2D eigenvalue weighted by Crippen LogP contribution is -2.34. The van der Waals surface area contributed by atoms with E-state index in [4.69, 9.17) is 32.7 Å². The molecule has 0 aliphatic rings. The van der Waals surface area contributed by atoms with E-state index in [1.54, 1.807) is 0 Å². The van der Waals surface area contributed by atoms with E-state index >= 15 is 0 Å². The number of rotatable bonds is 6. The molecule has 0 unspecified atom stereocenters. The molecule has 1 N–H and O–H groups in total. The average molecular weight is 314 g/mol. The zero-order chi connectivity index (χ0) is 13.8. The summed E-state index contributed by atoms with van der Waals surface area (Å²) < 4.78 is 36.0. The number of ether oxygens (including phenoxy) is 2. The molecule has 0 bridgehead atoms. The van der Waals surface area contributed by atoms with E-state index in [9.17, 15) is 8.42 Å². The summed E-state index contributed by atoms with van der Waals surface area (Å²) in [6.07, 6.45) is -0.658. The van der Waals surface area contributed by atoms with Crippen LogP contribution in [0.4, 0.5) is 0 Å². The quantitative estimate of drug-likeness (QED) is 0.815. The average Bonchev–Trinajstić information content (AvgIpc) is 2.29. The van der Waals surface area contributed by atoms with Gasteiger partial charge in [0.05, 0.1) is 11.4 Å². The van der Waals surface area contributed by atoms with Crippen molar-refractivity contribution >= 4 is 33.2 Å². The van der Waals surface area contributed by atoms with Crippen LogP contribution in [0.25, 0.3) is 0 Å². The fourth-order valence-corrected chi connectivity index (χ4v) is 2.95. The van der Waals surface area contributed by atoms with Crippen molar-refractivity contribution < 1.29 is 17.9 Å². The zero-order valence-corrected chi connectivity index (χ0v) is 12.1. The number of benzene rings is 1. The van der Waals surface area contributed by atoms with Crippen molar-refractivity contribution in [1.29, 1.82) is 0 Å². The number of methoxy groups -OCH3 is 2. The third-order valence-electron chi connectivity index (χ3n) is 2.11. The SMILES string of the molecule is COC(CNS(=O)(=O)c1cc(Cl)cc(Cl)c1)OC. The minimum Gasteiger partial charge on any atom is -0.355 e. The molecular weight excluding hydrogens is 301 g/mol. The lowest BCUT2D eigenvalue weighted by Gasteiger charge is -2.14. The molecule has 18 heavy (non-hydrogen) atoms. The highest BCUT2D eigenvalue weighted by molar-refractivity contribution is 7.89. The summed E-state index contributed by atoms with van der Waals surface area (Å²) in [5.74, 6) is 0. The van der Waals surface area contributed by atoms with Crippen molar-refractivity contribution in [2.45, 2.75) is 11.2 Å². The maximum absolute atomic E-state index is 11.9. The first-order chi connectivity index (χ1) is 8.39. The van der Waals surface area contributed by atoms with E-state index in [2.05, 4.69) is 4.72 Å². The molecule has 0 spiro atoms. The van der Waals surface area contributed by atoms with Crippen LogP contribution in [0.15, 0.2) is 23.1 Å². The van der Waals surface area contributed by atoms with E-state index in [0.29, 0.717) is 0 Å². The summed E-state index contributed by atoms with van der Waals surface area (Å²) >= 11 is 11.5. The second-order valence-corrected chi connectivity index (χ2v) is 6.00. The molecule has 0 heterocycles. The van der Waals surface area contributed by atoms with Crippen LogP contribution in [0, 0.1) is 0 Å². The Balaban J connectivity index is 2.86. The smallest absolute Gasteiger partial charge is 0.240 e. The van der Waals surface area contributed by atoms with Gasteiger partial charge in [0.2, 0.25) is 10.0 Å². The van der Waals surface area contributed by atoms with Crippen molar-refractivity contribution in [3.05, 3.63) is 28.2 Å². The van der Waals surface area contributed by atoms with Crippen LogP contribution in [0.3, 0.4) is 0 Å². The predicted molar refractivity (Wildman–Crippen MR) is 69.5 cm³/mol. The van der Waals surface area contributed by atoms with Crippen LogP contribution in [0.5, 0.6) is 0 Å². The maximum atomic E-state index is 11.9. The molecule has 1 aromatic carbocycles. The number of sulfonamides is 1. The van der Waals surface area contributed by atoms with Crippen molar-refractivity contribution in [2.75, 3.05) is 20.8 Å². The molecule has 0 aromatic heterocycles.